The molecule has 1 aromatic heterocycles. The van der Waals surface area contributed by atoms with Crippen molar-refractivity contribution in [2.24, 2.45) is 5.73 Å². The molecule has 0 saturated carbocycles. The monoisotopic (exact) mass is 227 g/mol. The number of nitrogens with two attached hydrogens (primary N) is 1. The third-order valence-corrected chi connectivity index (χ3v) is 3.68. The molecule has 0 radical (unpaired) electrons. The van der Waals surface area contributed by atoms with Crippen LogP contribution in [0.5, 0.6) is 0 Å². The van der Waals surface area contributed by atoms with Gasteiger partial charge < -0.3 is 10.5 Å². The van der Waals surface area contributed by atoms with Crippen molar-refractivity contribution in [1.29, 1.82) is 0 Å². The highest BCUT2D eigenvalue weighted by atomic mass is 32.1. The molecule has 0 fully saturated rings. The van der Waals surface area contributed by atoms with E-state index >= 15 is 0 Å². The van der Waals surface area contributed by atoms with E-state index in [9.17, 15) is 0 Å². The lowest BCUT2D eigenvalue weighted by atomic mass is 10.0. The fourth-order valence-corrected chi connectivity index (χ4v) is 2.74. The largest absolute Gasteiger partial charge is 0.377 e. The zero-order chi connectivity index (χ0) is 11.3. The van der Waals surface area contributed by atoms with Crippen LogP contribution in [0.15, 0.2) is 11.4 Å². The van der Waals surface area contributed by atoms with Gasteiger partial charge in [-0.1, -0.05) is 13.3 Å². The summed E-state index contributed by atoms with van der Waals surface area (Å²) in [7, 11) is 0. The Morgan fingerprint density at radius 1 is 1.47 bits per heavy atom. The Hall–Kier alpha value is -0.380. The van der Waals surface area contributed by atoms with E-state index in [4.69, 9.17) is 10.5 Å². The maximum absolute atomic E-state index is 6.24. The average Bonchev–Trinajstić information content (AvgIpc) is 2.63. The summed E-state index contributed by atoms with van der Waals surface area (Å²) in [5.74, 6) is 0. The second-order valence-electron chi connectivity index (χ2n) is 3.78. The topological polar surface area (TPSA) is 35.2 Å². The number of hydrogen-bond acceptors (Lipinski definition) is 3. The molecule has 15 heavy (non-hydrogen) atoms. The normalized spacial score (nSPS) is 15.2. The summed E-state index contributed by atoms with van der Waals surface area (Å²) >= 11 is 1.73. The Kier molecular flexibility index (Phi) is 5.29. The first-order chi connectivity index (χ1) is 7.20. The van der Waals surface area contributed by atoms with E-state index in [2.05, 4.69) is 25.3 Å². The van der Waals surface area contributed by atoms with Crippen LogP contribution in [0.25, 0.3) is 0 Å². The van der Waals surface area contributed by atoms with Gasteiger partial charge in [0.2, 0.25) is 0 Å². The highest BCUT2D eigenvalue weighted by molar-refractivity contribution is 7.10. The van der Waals surface area contributed by atoms with E-state index in [1.807, 2.05) is 6.92 Å². The van der Waals surface area contributed by atoms with Crippen LogP contribution in [0, 0.1) is 6.92 Å². The van der Waals surface area contributed by atoms with Gasteiger partial charge in [0.05, 0.1) is 12.1 Å². The van der Waals surface area contributed by atoms with E-state index in [-0.39, 0.29) is 12.1 Å². The van der Waals surface area contributed by atoms with Crippen LogP contribution in [0.3, 0.4) is 0 Å². The van der Waals surface area contributed by atoms with Crippen LogP contribution in [-0.2, 0) is 4.74 Å². The number of hydrogen-bond donors (Lipinski definition) is 1. The maximum Gasteiger partial charge on any atom is 0.0775 e. The fraction of sp³-hybridized carbons (Fsp3) is 0.667. The van der Waals surface area contributed by atoms with Gasteiger partial charge in [0.15, 0.2) is 0 Å². The van der Waals surface area contributed by atoms with Crippen LogP contribution in [0.4, 0.5) is 0 Å². The Bertz CT molecular complexity index is 279. The molecule has 1 aromatic rings. The quantitative estimate of drug-likeness (QED) is 0.809. The average molecular weight is 227 g/mol. The van der Waals surface area contributed by atoms with E-state index in [1.54, 1.807) is 11.3 Å². The summed E-state index contributed by atoms with van der Waals surface area (Å²) < 4.78 is 5.70. The van der Waals surface area contributed by atoms with Crippen molar-refractivity contribution in [2.45, 2.75) is 45.8 Å². The van der Waals surface area contributed by atoms with Gasteiger partial charge in [-0.3, -0.25) is 0 Å². The summed E-state index contributed by atoms with van der Waals surface area (Å²) in [5, 5.41) is 2.10. The summed E-state index contributed by atoms with van der Waals surface area (Å²) in [6, 6.07) is 2.15. The molecular weight excluding hydrogens is 206 g/mol. The first kappa shape index (κ1) is 12.7. The molecule has 0 aromatic carbocycles. The lowest BCUT2D eigenvalue weighted by Crippen LogP contribution is -2.28. The molecular formula is C12H21NOS. The van der Waals surface area contributed by atoms with Gasteiger partial charge in [0.25, 0.3) is 0 Å². The summed E-state index contributed by atoms with van der Waals surface area (Å²) in [6.45, 7) is 7.04. The molecule has 1 rings (SSSR count). The molecule has 0 bridgehead atoms. The molecule has 1 heterocycles. The van der Waals surface area contributed by atoms with Crippen LogP contribution in [0.2, 0.25) is 0 Å². The molecule has 3 heteroatoms. The SMILES string of the molecule is CCCC(OCC)C(N)c1sccc1C. The molecule has 2 N–H and O–H groups in total. The van der Waals surface area contributed by atoms with E-state index < -0.39 is 0 Å². The van der Waals surface area contributed by atoms with Crippen LogP contribution in [-0.4, -0.2) is 12.7 Å². The predicted octanol–water partition coefficient (Wildman–Crippen LogP) is 3.26. The first-order valence-corrected chi connectivity index (χ1v) is 6.49. The minimum atomic E-state index is 0.0323. The Balaban J connectivity index is 2.71. The Morgan fingerprint density at radius 2 is 2.20 bits per heavy atom. The Morgan fingerprint density at radius 3 is 2.67 bits per heavy atom. The van der Waals surface area contributed by atoms with Gasteiger partial charge in [0, 0.05) is 11.5 Å². The van der Waals surface area contributed by atoms with Crippen molar-refractivity contribution in [1.82, 2.24) is 0 Å². The van der Waals surface area contributed by atoms with E-state index in [1.165, 1.54) is 10.4 Å². The van der Waals surface area contributed by atoms with Gasteiger partial charge in [-0.25, -0.2) is 0 Å². The van der Waals surface area contributed by atoms with Crippen molar-refractivity contribution in [2.75, 3.05) is 6.61 Å². The minimum Gasteiger partial charge on any atom is -0.377 e. The lowest BCUT2D eigenvalue weighted by Gasteiger charge is -2.23. The van der Waals surface area contributed by atoms with Gasteiger partial charge in [0.1, 0.15) is 0 Å². The lowest BCUT2D eigenvalue weighted by molar-refractivity contribution is 0.0381. The fourth-order valence-electron chi connectivity index (χ4n) is 1.76. The third-order valence-electron chi connectivity index (χ3n) is 2.56. The van der Waals surface area contributed by atoms with E-state index in [0.717, 1.165) is 19.4 Å². The molecule has 86 valence electrons. The van der Waals surface area contributed by atoms with Crippen LogP contribution in [0.1, 0.15) is 43.2 Å². The molecule has 0 aliphatic rings. The second-order valence-corrected chi connectivity index (χ2v) is 4.72. The predicted molar refractivity (Wildman–Crippen MR) is 66.3 cm³/mol. The summed E-state index contributed by atoms with van der Waals surface area (Å²) in [5.41, 5.74) is 7.53. The van der Waals surface area contributed by atoms with Crippen LogP contribution < -0.4 is 5.73 Å². The first-order valence-electron chi connectivity index (χ1n) is 5.61. The van der Waals surface area contributed by atoms with E-state index in [0.29, 0.717) is 0 Å². The van der Waals surface area contributed by atoms with Crippen LogP contribution >= 0.6 is 11.3 Å². The number of thiophene rings is 1. The van der Waals surface area contributed by atoms with Gasteiger partial charge in [-0.2, -0.15) is 0 Å². The third kappa shape index (κ3) is 3.30. The number of ether oxygens (including phenoxy) is 1. The summed E-state index contributed by atoms with van der Waals surface area (Å²) in [6.07, 6.45) is 2.31. The molecule has 2 atom stereocenters. The smallest absolute Gasteiger partial charge is 0.0775 e. The highest BCUT2D eigenvalue weighted by Crippen LogP contribution is 2.27. The maximum atomic E-state index is 6.24. The highest BCUT2D eigenvalue weighted by Gasteiger charge is 2.21. The Labute approximate surface area is 96.4 Å². The number of rotatable bonds is 6. The summed E-state index contributed by atoms with van der Waals surface area (Å²) in [4.78, 5) is 1.27. The minimum absolute atomic E-state index is 0.0323. The van der Waals surface area contributed by atoms with Crippen molar-refractivity contribution in [3.63, 3.8) is 0 Å². The van der Waals surface area contributed by atoms with Crippen molar-refractivity contribution >= 4 is 11.3 Å². The molecule has 2 nitrogen and oxygen atoms in total. The molecule has 0 saturated heterocycles. The van der Waals surface area contributed by atoms with Crippen molar-refractivity contribution < 1.29 is 4.74 Å². The zero-order valence-corrected chi connectivity index (χ0v) is 10.6. The zero-order valence-electron chi connectivity index (χ0n) is 9.82. The van der Waals surface area contributed by atoms with Gasteiger partial charge in [-0.15, -0.1) is 11.3 Å². The van der Waals surface area contributed by atoms with Crippen molar-refractivity contribution in [3.8, 4) is 0 Å². The molecule has 2 unspecified atom stereocenters. The molecule has 0 spiro atoms. The molecule has 0 amide bonds. The second kappa shape index (κ2) is 6.26. The van der Waals surface area contributed by atoms with Crippen molar-refractivity contribution in [3.05, 3.63) is 21.9 Å². The number of aryl methyl sites for hydroxylation is 1. The van der Waals surface area contributed by atoms with Gasteiger partial charge in [-0.05, 0) is 37.3 Å². The molecule has 0 aliphatic heterocycles. The molecule has 0 aliphatic carbocycles. The standard InChI is InChI=1S/C12H21NOS/c1-4-6-10(14-5-2)11(13)12-9(3)7-8-15-12/h7-8,10-11H,4-6,13H2,1-3H3. The van der Waals surface area contributed by atoms with Gasteiger partial charge >= 0.3 is 0 Å².